The Labute approximate surface area is 163 Å². The molecule has 1 aliphatic carbocycles. The summed E-state index contributed by atoms with van der Waals surface area (Å²) < 4.78 is 5.94. The van der Waals surface area contributed by atoms with Crippen molar-refractivity contribution in [3.63, 3.8) is 0 Å². The minimum atomic E-state index is -0.594. The molecule has 140 valence electrons. The number of nitrogens with two attached hydrogens (primary N) is 1. The highest BCUT2D eigenvalue weighted by atomic mass is 35.5. The standard InChI is InChI=1S/C20H19N3O3.ClH/c21-18(24)12-5-6-16-14(9-12)22-10-17(26-16)19(25)23-11-20(7-8-20)13-3-1-2-4-15(13)23;/h1-6,9,17,22H,7-8,10-11H2,(H2,21,24);1H. The lowest BCUT2D eigenvalue weighted by atomic mass is 9.99. The van der Waals surface area contributed by atoms with Gasteiger partial charge >= 0.3 is 0 Å². The summed E-state index contributed by atoms with van der Waals surface area (Å²) in [5, 5.41) is 3.19. The summed E-state index contributed by atoms with van der Waals surface area (Å²) in [4.78, 5) is 26.3. The number of hydrogen-bond acceptors (Lipinski definition) is 4. The van der Waals surface area contributed by atoms with Crippen molar-refractivity contribution in [2.24, 2.45) is 5.73 Å². The van der Waals surface area contributed by atoms with Gasteiger partial charge in [-0.25, -0.2) is 0 Å². The summed E-state index contributed by atoms with van der Waals surface area (Å²) in [6.07, 6.45) is 1.68. The molecule has 0 bridgehead atoms. The SMILES string of the molecule is Cl.NC(=O)c1ccc2c(c1)NCC(C(=O)N1CC3(CC3)c3ccccc31)O2. The molecule has 5 rings (SSSR count). The van der Waals surface area contributed by atoms with E-state index in [0.29, 0.717) is 23.5 Å². The van der Waals surface area contributed by atoms with Crippen molar-refractivity contribution in [3.05, 3.63) is 53.6 Å². The average molecular weight is 386 g/mol. The number of benzene rings is 2. The zero-order valence-corrected chi connectivity index (χ0v) is 15.4. The number of rotatable bonds is 2. The molecule has 0 saturated heterocycles. The maximum atomic E-state index is 13.2. The lowest BCUT2D eigenvalue weighted by Gasteiger charge is -2.30. The number of carbonyl (C=O) groups is 2. The Morgan fingerprint density at radius 2 is 1.96 bits per heavy atom. The topological polar surface area (TPSA) is 84.7 Å². The molecule has 0 aromatic heterocycles. The molecular weight excluding hydrogens is 366 g/mol. The number of carbonyl (C=O) groups excluding carboxylic acids is 2. The van der Waals surface area contributed by atoms with Crippen LogP contribution in [0.3, 0.4) is 0 Å². The summed E-state index contributed by atoms with van der Waals surface area (Å²) in [5.74, 6) is 0.0442. The highest BCUT2D eigenvalue weighted by Crippen LogP contribution is 2.56. The third-order valence-corrected chi connectivity index (χ3v) is 5.63. The Morgan fingerprint density at radius 3 is 2.70 bits per heavy atom. The second kappa shape index (κ2) is 6.16. The Hall–Kier alpha value is -2.73. The lowest BCUT2D eigenvalue weighted by Crippen LogP contribution is -2.47. The van der Waals surface area contributed by atoms with E-state index in [1.54, 1.807) is 18.2 Å². The smallest absolute Gasteiger partial charge is 0.269 e. The average Bonchev–Trinajstić information content (AvgIpc) is 3.37. The highest BCUT2D eigenvalue weighted by Gasteiger charge is 2.53. The van der Waals surface area contributed by atoms with Gasteiger partial charge in [-0.15, -0.1) is 12.4 Å². The number of hydrogen-bond donors (Lipinski definition) is 2. The van der Waals surface area contributed by atoms with Gasteiger partial charge in [-0.2, -0.15) is 0 Å². The van der Waals surface area contributed by atoms with Crippen molar-refractivity contribution < 1.29 is 14.3 Å². The molecule has 2 aliphatic heterocycles. The predicted octanol–water partition coefficient (Wildman–Crippen LogP) is 2.46. The Kier molecular flexibility index (Phi) is 4.03. The maximum Gasteiger partial charge on any atom is 0.269 e. The third-order valence-electron chi connectivity index (χ3n) is 5.63. The fraction of sp³-hybridized carbons (Fsp3) is 0.300. The number of primary amides is 1. The molecule has 0 radical (unpaired) electrons. The van der Waals surface area contributed by atoms with Crippen LogP contribution in [-0.4, -0.2) is 31.0 Å². The van der Waals surface area contributed by atoms with Gasteiger partial charge in [0.25, 0.3) is 5.91 Å². The molecule has 2 aromatic carbocycles. The van der Waals surface area contributed by atoms with Gasteiger partial charge < -0.3 is 20.7 Å². The van der Waals surface area contributed by atoms with Gasteiger partial charge in [0.1, 0.15) is 5.75 Å². The summed E-state index contributed by atoms with van der Waals surface area (Å²) >= 11 is 0. The summed E-state index contributed by atoms with van der Waals surface area (Å²) in [6, 6.07) is 13.1. The second-order valence-corrected chi connectivity index (χ2v) is 7.28. The number of anilines is 2. The molecule has 7 heteroatoms. The Balaban J connectivity index is 0.00000180. The monoisotopic (exact) mass is 385 g/mol. The van der Waals surface area contributed by atoms with E-state index in [1.807, 2.05) is 23.1 Å². The lowest BCUT2D eigenvalue weighted by molar-refractivity contribution is -0.124. The van der Waals surface area contributed by atoms with E-state index in [-0.39, 0.29) is 23.7 Å². The Bertz CT molecular complexity index is 942. The largest absolute Gasteiger partial charge is 0.477 e. The van der Waals surface area contributed by atoms with Crippen LogP contribution in [0.5, 0.6) is 5.75 Å². The van der Waals surface area contributed by atoms with Crippen molar-refractivity contribution in [1.82, 2.24) is 0 Å². The van der Waals surface area contributed by atoms with Gasteiger partial charge in [-0.1, -0.05) is 18.2 Å². The fourth-order valence-corrected chi connectivity index (χ4v) is 4.04. The van der Waals surface area contributed by atoms with Crippen LogP contribution in [0, 0.1) is 0 Å². The van der Waals surface area contributed by atoms with E-state index in [2.05, 4.69) is 11.4 Å². The van der Waals surface area contributed by atoms with Crippen LogP contribution >= 0.6 is 12.4 Å². The van der Waals surface area contributed by atoms with Gasteiger partial charge in [0.15, 0.2) is 6.10 Å². The zero-order valence-electron chi connectivity index (χ0n) is 14.6. The van der Waals surface area contributed by atoms with E-state index >= 15 is 0 Å². The van der Waals surface area contributed by atoms with Crippen LogP contribution in [0.1, 0.15) is 28.8 Å². The number of amides is 2. The van der Waals surface area contributed by atoms with Gasteiger partial charge in [-0.3, -0.25) is 9.59 Å². The van der Waals surface area contributed by atoms with Gasteiger partial charge in [-0.05, 0) is 42.7 Å². The maximum absolute atomic E-state index is 13.2. The van der Waals surface area contributed by atoms with E-state index in [4.69, 9.17) is 10.5 Å². The highest BCUT2D eigenvalue weighted by molar-refractivity contribution is 6.00. The summed E-state index contributed by atoms with van der Waals surface area (Å²) in [6.45, 7) is 1.10. The normalized spacial score (nSPS) is 20.6. The van der Waals surface area contributed by atoms with Crippen LogP contribution < -0.4 is 20.7 Å². The number of fused-ring (bicyclic) bond motifs is 3. The zero-order chi connectivity index (χ0) is 17.9. The molecule has 3 N–H and O–H groups in total. The van der Waals surface area contributed by atoms with Crippen LogP contribution in [-0.2, 0) is 10.2 Å². The van der Waals surface area contributed by atoms with Crippen molar-refractivity contribution in [3.8, 4) is 5.75 Å². The van der Waals surface area contributed by atoms with E-state index in [9.17, 15) is 9.59 Å². The molecule has 3 aliphatic rings. The van der Waals surface area contributed by atoms with Crippen molar-refractivity contribution >= 4 is 35.6 Å². The number of nitrogens with zero attached hydrogens (tertiary/aromatic N) is 1. The third kappa shape index (κ3) is 2.72. The van der Waals surface area contributed by atoms with Gasteiger partial charge in [0.05, 0.1) is 12.2 Å². The van der Waals surface area contributed by atoms with E-state index in [1.165, 1.54) is 5.56 Å². The quantitative estimate of drug-likeness (QED) is 0.831. The summed E-state index contributed by atoms with van der Waals surface area (Å²) in [7, 11) is 0. The molecule has 1 atom stereocenters. The van der Waals surface area contributed by atoms with Crippen LogP contribution in [0.25, 0.3) is 0 Å². The second-order valence-electron chi connectivity index (χ2n) is 7.28. The molecule has 1 unspecified atom stereocenters. The van der Waals surface area contributed by atoms with Crippen molar-refractivity contribution in [1.29, 1.82) is 0 Å². The molecular formula is C20H20ClN3O3. The first-order valence-electron chi connectivity index (χ1n) is 8.83. The Morgan fingerprint density at radius 1 is 1.19 bits per heavy atom. The molecule has 2 amide bonds. The number of halogens is 1. The van der Waals surface area contributed by atoms with Gasteiger partial charge in [0, 0.05) is 23.2 Å². The van der Waals surface area contributed by atoms with Gasteiger partial charge in [0.2, 0.25) is 5.91 Å². The van der Waals surface area contributed by atoms with Crippen LogP contribution in [0.2, 0.25) is 0 Å². The fourth-order valence-electron chi connectivity index (χ4n) is 4.04. The van der Waals surface area contributed by atoms with Crippen molar-refractivity contribution in [2.45, 2.75) is 24.4 Å². The molecule has 2 heterocycles. The first kappa shape index (κ1) is 17.7. The molecule has 1 fully saturated rings. The minimum Gasteiger partial charge on any atom is -0.477 e. The molecule has 1 saturated carbocycles. The van der Waals surface area contributed by atoms with E-state index < -0.39 is 12.0 Å². The number of nitrogens with one attached hydrogen (secondary N) is 1. The molecule has 6 nitrogen and oxygen atoms in total. The van der Waals surface area contributed by atoms with Crippen LogP contribution in [0.15, 0.2) is 42.5 Å². The predicted molar refractivity (Wildman–Crippen MR) is 105 cm³/mol. The van der Waals surface area contributed by atoms with E-state index in [0.717, 1.165) is 25.1 Å². The number of ether oxygens (including phenoxy) is 1. The first-order valence-corrected chi connectivity index (χ1v) is 8.83. The van der Waals surface area contributed by atoms with Crippen molar-refractivity contribution in [2.75, 3.05) is 23.3 Å². The van der Waals surface area contributed by atoms with Crippen LogP contribution in [0.4, 0.5) is 11.4 Å². The minimum absolute atomic E-state index is 0. The molecule has 1 spiro atoms. The first-order chi connectivity index (χ1) is 12.6. The molecule has 2 aromatic rings. The summed E-state index contributed by atoms with van der Waals surface area (Å²) in [5.41, 5.74) is 8.85. The number of para-hydroxylation sites is 1. The molecule has 27 heavy (non-hydrogen) atoms.